The Kier molecular flexibility index (Phi) is 6.25. The minimum absolute atomic E-state index is 0.143. The highest BCUT2D eigenvalue weighted by atomic mass is 35.5. The molecule has 1 aliphatic rings. The molecular formula is C27H23ClN4O3. The molecule has 0 saturated carbocycles. The number of aromatic carboxylic acids is 1. The Bertz CT molecular complexity index is 1400. The van der Waals surface area contributed by atoms with E-state index in [1.165, 1.54) is 5.69 Å². The highest BCUT2D eigenvalue weighted by molar-refractivity contribution is 6.34. The number of carboxylic acid groups (broad SMARTS) is 1. The van der Waals surface area contributed by atoms with Gasteiger partial charge in [-0.05, 0) is 48.5 Å². The van der Waals surface area contributed by atoms with E-state index in [-0.39, 0.29) is 11.5 Å². The number of carbonyl (C=O) groups excluding carboxylic acids is 1. The number of pyridine rings is 1. The first-order valence-electron chi connectivity index (χ1n) is 11.3. The SMILES string of the molecule is O=C(Nc1ccc2nc(N3CCN(c4ccccc4)CC3)cc(C(=O)O)c2c1)c1ccccc1Cl. The Morgan fingerprint density at radius 1 is 0.829 bits per heavy atom. The molecule has 0 spiro atoms. The van der Waals surface area contributed by atoms with Crippen molar-refractivity contribution in [3.05, 3.63) is 95.0 Å². The number of fused-ring (bicyclic) bond motifs is 1. The summed E-state index contributed by atoms with van der Waals surface area (Å²) in [7, 11) is 0. The van der Waals surface area contributed by atoms with E-state index >= 15 is 0 Å². The quantitative estimate of drug-likeness (QED) is 0.405. The molecule has 35 heavy (non-hydrogen) atoms. The average Bonchev–Trinajstić information content (AvgIpc) is 2.89. The van der Waals surface area contributed by atoms with Gasteiger partial charge in [-0.25, -0.2) is 9.78 Å². The van der Waals surface area contributed by atoms with E-state index < -0.39 is 5.97 Å². The van der Waals surface area contributed by atoms with Crippen LogP contribution in [0.25, 0.3) is 10.9 Å². The summed E-state index contributed by atoms with van der Waals surface area (Å²) in [6.45, 7) is 3.11. The highest BCUT2D eigenvalue weighted by Crippen LogP contribution is 2.28. The van der Waals surface area contributed by atoms with Crippen molar-refractivity contribution in [2.24, 2.45) is 0 Å². The maximum absolute atomic E-state index is 12.6. The van der Waals surface area contributed by atoms with Crippen LogP contribution in [-0.2, 0) is 0 Å². The first-order chi connectivity index (χ1) is 17.0. The van der Waals surface area contributed by atoms with E-state index in [1.807, 2.05) is 18.2 Å². The Morgan fingerprint density at radius 3 is 2.23 bits per heavy atom. The van der Waals surface area contributed by atoms with Crippen LogP contribution in [-0.4, -0.2) is 48.1 Å². The van der Waals surface area contributed by atoms with Gasteiger partial charge in [0.15, 0.2) is 0 Å². The fraction of sp³-hybridized carbons (Fsp3) is 0.148. The zero-order valence-corrected chi connectivity index (χ0v) is 19.6. The van der Waals surface area contributed by atoms with Gasteiger partial charge in [0.05, 0.1) is 21.7 Å². The van der Waals surface area contributed by atoms with E-state index in [0.29, 0.717) is 33.0 Å². The number of piperazine rings is 1. The molecule has 0 aliphatic carbocycles. The van der Waals surface area contributed by atoms with Crippen LogP contribution in [0.5, 0.6) is 0 Å². The van der Waals surface area contributed by atoms with Crippen LogP contribution < -0.4 is 15.1 Å². The zero-order valence-electron chi connectivity index (χ0n) is 18.8. The molecule has 8 heteroatoms. The van der Waals surface area contributed by atoms with Crippen LogP contribution in [0.2, 0.25) is 5.02 Å². The second kappa shape index (κ2) is 9.64. The Hall–Kier alpha value is -4.10. The molecule has 1 aromatic heterocycles. The molecule has 0 radical (unpaired) electrons. The second-order valence-electron chi connectivity index (χ2n) is 8.31. The number of benzene rings is 3. The highest BCUT2D eigenvalue weighted by Gasteiger charge is 2.21. The fourth-order valence-electron chi connectivity index (χ4n) is 4.30. The van der Waals surface area contributed by atoms with Crippen molar-refractivity contribution in [2.45, 2.75) is 0 Å². The van der Waals surface area contributed by atoms with Gasteiger partial charge in [0.2, 0.25) is 0 Å². The molecule has 1 amide bonds. The van der Waals surface area contributed by atoms with Gasteiger partial charge in [0.1, 0.15) is 5.82 Å². The number of hydrogen-bond donors (Lipinski definition) is 2. The van der Waals surface area contributed by atoms with Crippen molar-refractivity contribution in [1.82, 2.24) is 4.98 Å². The van der Waals surface area contributed by atoms with Crippen LogP contribution >= 0.6 is 11.6 Å². The van der Waals surface area contributed by atoms with Crippen LogP contribution in [0.4, 0.5) is 17.2 Å². The molecule has 0 unspecified atom stereocenters. The second-order valence-corrected chi connectivity index (χ2v) is 8.72. The van der Waals surface area contributed by atoms with Crippen molar-refractivity contribution in [2.75, 3.05) is 41.3 Å². The van der Waals surface area contributed by atoms with Gasteiger partial charge in [-0.1, -0.05) is 41.9 Å². The molecule has 3 aromatic carbocycles. The summed E-state index contributed by atoms with van der Waals surface area (Å²) >= 11 is 6.13. The minimum Gasteiger partial charge on any atom is -0.478 e. The molecule has 4 aromatic rings. The Balaban J connectivity index is 1.39. The van der Waals surface area contributed by atoms with Crippen LogP contribution in [0.15, 0.2) is 78.9 Å². The van der Waals surface area contributed by atoms with Crippen LogP contribution in [0.1, 0.15) is 20.7 Å². The predicted octanol–water partition coefficient (Wildman–Crippen LogP) is 5.17. The molecule has 0 bridgehead atoms. The normalized spacial score (nSPS) is 13.6. The predicted molar refractivity (Wildman–Crippen MR) is 139 cm³/mol. The molecular weight excluding hydrogens is 464 g/mol. The molecule has 1 fully saturated rings. The lowest BCUT2D eigenvalue weighted by molar-refractivity contribution is 0.0698. The molecule has 0 atom stereocenters. The van der Waals surface area contributed by atoms with E-state index in [4.69, 9.17) is 16.6 Å². The maximum Gasteiger partial charge on any atom is 0.336 e. The number of nitrogens with one attached hydrogen (secondary N) is 1. The Morgan fingerprint density at radius 2 is 1.51 bits per heavy atom. The standard InChI is InChI=1S/C27H23ClN4O3/c28-23-9-5-4-8-20(23)26(33)29-18-10-11-24-21(16-18)22(27(34)35)17-25(30-24)32-14-12-31(13-15-32)19-6-2-1-3-7-19/h1-11,16-17H,12-15H2,(H,29,33)(H,34,35). The van der Waals surface area contributed by atoms with Crippen molar-refractivity contribution in [1.29, 1.82) is 0 Å². The summed E-state index contributed by atoms with van der Waals surface area (Å²) in [5.41, 5.74) is 2.69. The van der Waals surface area contributed by atoms with Crippen LogP contribution in [0.3, 0.4) is 0 Å². The third-order valence-corrected chi connectivity index (χ3v) is 6.46. The van der Waals surface area contributed by atoms with Gasteiger partial charge in [-0.3, -0.25) is 4.79 Å². The van der Waals surface area contributed by atoms with Crippen molar-refractivity contribution in [3.63, 3.8) is 0 Å². The molecule has 2 N–H and O–H groups in total. The third kappa shape index (κ3) is 4.76. The number of hydrogen-bond acceptors (Lipinski definition) is 5. The maximum atomic E-state index is 12.6. The average molecular weight is 487 g/mol. The summed E-state index contributed by atoms with van der Waals surface area (Å²) in [5, 5.41) is 13.5. The number of aromatic nitrogens is 1. The first-order valence-corrected chi connectivity index (χ1v) is 11.7. The smallest absolute Gasteiger partial charge is 0.336 e. The van der Waals surface area contributed by atoms with Crippen molar-refractivity contribution < 1.29 is 14.7 Å². The monoisotopic (exact) mass is 486 g/mol. The molecule has 5 rings (SSSR count). The topological polar surface area (TPSA) is 85.8 Å². The number of carbonyl (C=O) groups is 2. The summed E-state index contributed by atoms with van der Waals surface area (Å²) < 4.78 is 0. The molecule has 7 nitrogen and oxygen atoms in total. The minimum atomic E-state index is -1.05. The number of anilines is 3. The van der Waals surface area contributed by atoms with E-state index in [9.17, 15) is 14.7 Å². The molecule has 1 aliphatic heterocycles. The fourth-order valence-corrected chi connectivity index (χ4v) is 4.53. The summed E-state index contributed by atoms with van der Waals surface area (Å²) in [6, 6.07) is 23.7. The number of nitrogens with zero attached hydrogens (tertiary/aromatic N) is 3. The van der Waals surface area contributed by atoms with Gasteiger partial charge in [0.25, 0.3) is 5.91 Å². The summed E-state index contributed by atoms with van der Waals surface area (Å²) in [4.78, 5) is 33.9. The largest absolute Gasteiger partial charge is 0.478 e. The number of carboxylic acids is 1. The molecule has 176 valence electrons. The lowest BCUT2D eigenvalue weighted by atomic mass is 10.1. The number of rotatable bonds is 5. The van der Waals surface area contributed by atoms with Gasteiger partial charge >= 0.3 is 5.97 Å². The zero-order chi connectivity index (χ0) is 24.4. The summed E-state index contributed by atoms with van der Waals surface area (Å²) in [6.07, 6.45) is 0. The van der Waals surface area contributed by atoms with Gasteiger partial charge in [0, 0.05) is 42.9 Å². The van der Waals surface area contributed by atoms with Crippen LogP contribution in [0, 0.1) is 0 Å². The van der Waals surface area contributed by atoms with Gasteiger partial charge in [-0.15, -0.1) is 0 Å². The summed E-state index contributed by atoms with van der Waals surface area (Å²) in [5.74, 6) is -0.778. The first kappa shape index (κ1) is 22.7. The lowest BCUT2D eigenvalue weighted by Gasteiger charge is -2.37. The lowest BCUT2D eigenvalue weighted by Crippen LogP contribution is -2.46. The van der Waals surface area contributed by atoms with E-state index in [2.05, 4.69) is 27.2 Å². The third-order valence-electron chi connectivity index (χ3n) is 6.13. The Labute approximate surface area is 207 Å². The van der Waals surface area contributed by atoms with E-state index in [0.717, 1.165) is 26.2 Å². The van der Waals surface area contributed by atoms with Gasteiger partial charge in [-0.2, -0.15) is 0 Å². The number of amides is 1. The number of halogens is 1. The molecule has 2 heterocycles. The van der Waals surface area contributed by atoms with Gasteiger partial charge < -0.3 is 20.2 Å². The van der Waals surface area contributed by atoms with Crippen molar-refractivity contribution in [3.8, 4) is 0 Å². The van der Waals surface area contributed by atoms with E-state index in [1.54, 1.807) is 48.5 Å². The molecule has 1 saturated heterocycles. The van der Waals surface area contributed by atoms with Crippen molar-refractivity contribution >= 4 is 51.6 Å². The number of para-hydroxylation sites is 1.